The highest BCUT2D eigenvalue weighted by atomic mass is 127. The number of anilines is 1. The Morgan fingerprint density at radius 2 is 2.43 bits per heavy atom. The van der Waals surface area contributed by atoms with Crippen LogP contribution in [0.25, 0.3) is 0 Å². The lowest BCUT2D eigenvalue weighted by Gasteiger charge is -2.07. The average molecular weight is 308 g/mol. The highest BCUT2D eigenvalue weighted by molar-refractivity contribution is 14.1. The first-order chi connectivity index (χ1) is 6.56. The lowest BCUT2D eigenvalue weighted by molar-refractivity contribution is 0.0689. The largest absolute Gasteiger partial charge is 0.477 e. The molecule has 1 rings (SSSR count). The number of aromatic carboxylic acids is 1. The van der Waals surface area contributed by atoms with Gasteiger partial charge in [-0.05, 0) is 35.6 Å². The fraction of sp³-hybridized carbons (Fsp3) is 0.250. The topological polar surface area (TPSA) is 85.4 Å². The minimum absolute atomic E-state index is 0.105. The van der Waals surface area contributed by atoms with Crippen LogP contribution in [0, 0.1) is 3.57 Å². The molecule has 6 heteroatoms. The predicted molar refractivity (Wildman–Crippen MR) is 59.5 cm³/mol. The van der Waals surface area contributed by atoms with E-state index in [1.165, 1.54) is 6.07 Å². The van der Waals surface area contributed by atoms with Gasteiger partial charge < -0.3 is 15.6 Å². The molecule has 3 N–H and O–H groups in total. The molecule has 0 saturated heterocycles. The third kappa shape index (κ3) is 2.25. The maximum absolute atomic E-state index is 10.6. The van der Waals surface area contributed by atoms with Crippen LogP contribution in [0.2, 0.25) is 0 Å². The highest BCUT2D eigenvalue weighted by Gasteiger charge is 2.13. The maximum atomic E-state index is 10.6. The van der Waals surface area contributed by atoms with Crippen molar-refractivity contribution < 1.29 is 14.6 Å². The average Bonchev–Trinajstić information content (AvgIpc) is 2.12. The van der Waals surface area contributed by atoms with E-state index in [-0.39, 0.29) is 11.6 Å². The van der Waals surface area contributed by atoms with Crippen molar-refractivity contribution in [3.63, 3.8) is 0 Å². The van der Waals surface area contributed by atoms with E-state index in [4.69, 9.17) is 15.6 Å². The van der Waals surface area contributed by atoms with Crippen molar-refractivity contribution in [1.82, 2.24) is 4.98 Å². The molecule has 0 aliphatic rings. The fourth-order valence-electron chi connectivity index (χ4n) is 0.867. The Kier molecular flexibility index (Phi) is 3.50. The van der Waals surface area contributed by atoms with Crippen LogP contribution in [0.3, 0.4) is 0 Å². The van der Waals surface area contributed by atoms with Crippen LogP contribution in [0.1, 0.15) is 17.4 Å². The number of carboxylic acid groups (broad SMARTS) is 1. The summed E-state index contributed by atoms with van der Waals surface area (Å²) in [5.41, 5.74) is 5.86. The molecule has 0 unspecified atom stereocenters. The monoisotopic (exact) mass is 308 g/mol. The minimum Gasteiger partial charge on any atom is -0.477 e. The quantitative estimate of drug-likeness (QED) is 0.824. The highest BCUT2D eigenvalue weighted by Crippen LogP contribution is 2.25. The van der Waals surface area contributed by atoms with Gasteiger partial charge in [-0.2, -0.15) is 0 Å². The van der Waals surface area contributed by atoms with Crippen LogP contribution >= 0.6 is 22.6 Å². The zero-order valence-electron chi connectivity index (χ0n) is 7.45. The maximum Gasteiger partial charge on any atom is 0.354 e. The van der Waals surface area contributed by atoms with Crippen molar-refractivity contribution in [3.8, 4) is 5.88 Å². The van der Waals surface area contributed by atoms with Crippen LogP contribution in [0.4, 0.5) is 5.69 Å². The molecule has 14 heavy (non-hydrogen) atoms. The molecular weight excluding hydrogens is 299 g/mol. The van der Waals surface area contributed by atoms with Gasteiger partial charge in [0.1, 0.15) is 0 Å². The standard InChI is InChI=1S/C8H9IN2O3/c1-2-14-7-6(9)4(10)3-5(11-7)8(12)13/h3H,2H2,1H3,(H2,10,11)(H,12,13). The van der Waals surface area contributed by atoms with Gasteiger partial charge in [-0.15, -0.1) is 0 Å². The molecular formula is C8H9IN2O3. The summed E-state index contributed by atoms with van der Waals surface area (Å²) in [6.45, 7) is 2.22. The van der Waals surface area contributed by atoms with E-state index in [2.05, 4.69) is 4.98 Å². The van der Waals surface area contributed by atoms with Gasteiger partial charge in [0.2, 0.25) is 5.88 Å². The molecule has 0 radical (unpaired) electrons. The minimum atomic E-state index is -1.12. The van der Waals surface area contributed by atoms with E-state index in [0.29, 0.717) is 15.9 Å². The number of rotatable bonds is 3. The number of carboxylic acids is 1. The lowest BCUT2D eigenvalue weighted by atomic mass is 10.3. The number of aromatic nitrogens is 1. The Balaban J connectivity index is 3.20. The van der Waals surface area contributed by atoms with E-state index in [1.807, 2.05) is 22.6 Å². The number of nitrogens with zero attached hydrogens (tertiary/aromatic N) is 1. The zero-order valence-corrected chi connectivity index (χ0v) is 9.61. The normalized spacial score (nSPS) is 9.86. The second kappa shape index (κ2) is 4.45. The molecule has 1 aromatic rings. The van der Waals surface area contributed by atoms with Crippen LogP contribution in [0.5, 0.6) is 5.88 Å². The molecule has 0 saturated carbocycles. The van der Waals surface area contributed by atoms with Gasteiger partial charge in [-0.25, -0.2) is 9.78 Å². The van der Waals surface area contributed by atoms with E-state index in [0.717, 1.165) is 0 Å². The summed E-state index contributed by atoms with van der Waals surface area (Å²) < 4.78 is 5.78. The summed E-state index contributed by atoms with van der Waals surface area (Å²) in [7, 11) is 0. The van der Waals surface area contributed by atoms with Crippen molar-refractivity contribution >= 4 is 34.2 Å². The molecule has 76 valence electrons. The summed E-state index contributed by atoms with van der Waals surface area (Å²) in [6.07, 6.45) is 0. The number of carbonyl (C=O) groups is 1. The van der Waals surface area contributed by atoms with Crippen LogP contribution in [-0.2, 0) is 0 Å². The van der Waals surface area contributed by atoms with Crippen molar-refractivity contribution in [2.45, 2.75) is 6.92 Å². The van der Waals surface area contributed by atoms with Gasteiger partial charge in [0.25, 0.3) is 0 Å². The molecule has 0 aliphatic carbocycles. The molecule has 0 atom stereocenters. The molecule has 0 fully saturated rings. The number of halogens is 1. The lowest BCUT2D eigenvalue weighted by Crippen LogP contribution is -2.07. The number of hydrogen-bond donors (Lipinski definition) is 2. The second-order valence-electron chi connectivity index (χ2n) is 2.45. The van der Waals surface area contributed by atoms with E-state index >= 15 is 0 Å². The summed E-state index contributed by atoms with van der Waals surface area (Å²) >= 11 is 1.96. The summed E-state index contributed by atoms with van der Waals surface area (Å²) in [5.74, 6) is -0.848. The molecule has 1 heterocycles. The first kappa shape index (κ1) is 11.0. The number of nitrogens with two attached hydrogens (primary N) is 1. The molecule has 5 nitrogen and oxygen atoms in total. The van der Waals surface area contributed by atoms with E-state index < -0.39 is 5.97 Å². The molecule has 0 bridgehead atoms. The number of hydrogen-bond acceptors (Lipinski definition) is 4. The van der Waals surface area contributed by atoms with Crippen LogP contribution in [-0.4, -0.2) is 22.7 Å². The van der Waals surface area contributed by atoms with Crippen molar-refractivity contribution in [3.05, 3.63) is 15.3 Å². The Hall–Kier alpha value is -1.05. The van der Waals surface area contributed by atoms with Gasteiger partial charge >= 0.3 is 5.97 Å². The van der Waals surface area contributed by atoms with Crippen molar-refractivity contribution in [1.29, 1.82) is 0 Å². The Bertz CT molecular complexity index is 368. The molecule has 1 aromatic heterocycles. The Morgan fingerprint density at radius 3 is 2.93 bits per heavy atom. The third-order valence-corrected chi connectivity index (χ3v) is 2.54. The van der Waals surface area contributed by atoms with E-state index in [9.17, 15) is 4.79 Å². The fourth-order valence-corrected chi connectivity index (χ4v) is 1.30. The van der Waals surface area contributed by atoms with Gasteiger partial charge in [-0.1, -0.05) is 0 Å². The number of pyridine rings is 1. The molecule has 0 aliphatic heterocycles. The molecule has 0 aromatic carbocycles. The first-order valence-electron chi connectivity index (χ1n) is 3.88. The van der Waals surface area contributed by atoms with Gasteiger partial charge in [0.15, 0.2) is 5.69 Å². The SMILES string of the molecule is CCOc1nc(C(=O)O)cc(N)c1I. The van der Waals surface area contributed by atoms with Gasteiger partial charge in [0, 0.05) is 0 Å². The summed E-state index contributed by atoms with van der Waals surface area (Å²) in [6, 6.07) is 1.31. The van der Waals surface area contributed by atoms with Crippen LogP contribution in [0.15, 0.2) is 6.07 Å². The zero-order chi connectivity index (χ0) is 10.7. The van der Waals surface area contributed by atoms with E-state index in [1.54, 1.807) is 6.92 Å². The first-order valence-corrected chi connectivity index (χ1v) is 4.96. The Morgan fingerprint density at radius 1 is 1.79 bits per heavy atom. The molecule has 0 spiro atoms. The molecule has 0 amide bonds. The van der Waals surface area contributed by atoms with Gasteiger partial charge in [-0.3, -0.25) is 0 Å². The van der Waals surface area contributed by atoms with Gasteiger partial charge in [0.05, 0.1) is 15.9 Å². The van der Waals surface area contributed by atoms with Crippen molar-refractivity contribution in [2.24, 2.45) is 0 Å². The second-order valence-corrected chi connectivity index (χ2v) is 3.53. The number of ether oxygens (including phenoxy) is 1. The smallest absolute Gasteiger partial charge is 0.354 e. The summed E-state index contributed by atoms with van der Waals surface area (Å²) in [4.78, 5) is 14.5. The predicted octanol–water partition coefficient (Wildman–Crippen LogP) is 1.37. The Labute approximate surface area is 94.4 Å². The number of nitrogen functional groups attached to an aromatic ring is 1. The van der Waals surface area contributed by atoms with Crippen LogP contribution < -0.4 is 10.5 Å². The van der Waals surface area contributed by atoms with Crippen molar-refractivity contribution in [2.75, 3.05) is 12.3 Å². The third-order valence-electron chi connectivity index (χ3n) is 1.46. The summed E-state index contributed by atoms with van der Waals surface area (Å²) in [5, 5.41) is 8.72.